The van der Waals surface area contributed by atoms with Gasteiger partial charge in [0.05, 0.1) is 0 Å². The van der Waals surface area contributed by atoms with Crippen molar-refractivity contribution < 1.29 is 9.59 Å². The zero-order valence-corrected chi connectivity index (χ0v) is 16.5. The molecule has 0 spiro atoms. The van der Waals surface area contributed by atoms with Crippen LogP contribution >= 0.6 is 0 Å². The van der Waals surface area contributed by atoms with Gasteiger partial charge in [-0.05, 0) is 48.2 Å². The van der Waals surface area contributed by atoms with E-state index in [1.807, 2.05) is 41.3 Å². The van der Waals surface area contributed by atoms with Crippen molar-refractivity contribution in [3.05, 3.63) is 59.7 Å². The topological polar surface area (TPSA) is 61.4 Å². The van der Waals surface area contributed by atoms with Crippen LogP contribution in [0.3, 0.4) is 0 Å². The van der Waals surface area contributed by atoms with Gasteiger partial charge in [-0.15, -0.1) is 0 Å². The summed E-state index contributed by atoms with van der Waals surface area (Å²) in [6.45, 7) is 3.51. The van der Waals surface area contributed by atoms with Crippen molar-refractivity contribution >= 4 is 23.3 Å². The fourth-order valence-corrected chi connectivity index (χ4v) is 3.44. The van der Waals surface area contributed by atoms with Crippen molar-refractivity contribution in [2.24, 2.45) is 0 Å². The van der Waals surface area contributed by atoms with Gasteiger partial charge in [0, 0.05) is 30.9 Å². The highest BCUT2D eigenvalue weighted by Crippen LogP contribution is 2.20. The Hall–Kier alpha value is -2.82. The summed E-state index contributed by atoms with van der Waals surface area (Å²) < 4.78 is 0. The van der Waals surface area contributed by atoms with Gasteiger partial charge in [0.15, 0.2) is 0 Å². The molecule has 1 heterocycles. The number of carbonyl (C=O) groups is 2. The van der Waals surface area contributed by atoms with Crippen LogP contribution in [0.15, 0.2) is 48.5 Å². The van der Waals surface area contributed by atoms with Gasteiger partial charge in [-0.25, -0.2) is 4.79 Å². The first kappa shape index (κ1) is 19.9. The molecule has 5 nitrogen and oxygen atoms in total. The molecule has 2 N–H and O–H groups in total. The van der Waals surface area contributed by atoms with Crippen molar-refractivity contribution in [2.75, 3.05) is 17.2 Å². The molecule has 0 bridgehead atoms. The summed E-state index contributed by atoms with van der Waals surface area (Å²) in [6, 6.07) is 15.5. The predicted octanol–water partition coefficient (Wildman–Crippen LogP) is 5.19. The number of anilines is 2. The highest BCUT2D eigenvalue weighted by Gasteiger charge is 2.20. The standard InChI is InChI=1S/C23H29N3O2/c1-2-3-4-5-10-22(27)24-20-11-13-21(14-12-20)25-23(28)26-16-15-18-8-6-7-9-19(18)17-26/h6-9,11-14H,2-5,10,15-17H2,1H3,(H,24,27)(H,25,28). The van der Waals surface area contributed by atoms with Crippen LogP contribution in [0.1, 0.15) is 50.2 Å². The average molecular weight is 380 g/mol. The van der Waals surface area contributed by atoms with Crippen molar-refractivity contribution in [3.63, 3.8) is 0 Å². The zero-order valence-electron chi connectivity index (χ0n) is 16.5. The van der Waals surface area contributed by atoms with E-state index in [2.05, 4.69) is 29.7 Å². The molecule has 5 heteroatoms. The third kappa shape index (κ3) is 5.59. The number of amides is 3. The summed E-state index contributed by atoms with van der Waals surface area (Å²) in [7, 11) is 0. The number of nitrogens with one attached hydrogen (secondary N) is 2. The van der Waals surface area contributed by atoms with Gasteiger partial charge in [0.2, 0.25) is 5.91 Å². The number of urea groups is 1. The van der Waals surface area contributed by atoms with Crippen molar-refractivity contribution in [2.45, 2.75) is 52.0 Å². The lowest BCUT2D eigenvalue weighted by molar-refractivity contribution is -0.116. The summed E-state index contributed by atoms with van der Waals surface area (Å²) in [5, 5.41) is 5.86. The Balaban J connectivity index is 1.48. The van der Waals surface area contributed by atoms with Crippen LogP contribution in [0.4, 0.5) is 16.2 Å². The minimum absolute atomic E-state index is 0.0415. The summed E-state index contributed by atoms with van der Waals surface area (Å²) >= 11 is 0. The van der Waals surface area contributed by atoms with Gasteiger partial charge in [-0.3, -0.25) is 4.79 Å². The van der Waals surface area contributed by atoms with E-state index in [0.717, 1.165) is 37.2 Å². The van der Waals surface area contributed by atoms with Crippen LogP contribution in [0.25, 0.3) is 0 Å². The third-order valence-corrected chi connectivity index (χ3v) is 5.10. The van der Waals surface area contributed by atoms with E-state index in [1.54, 1.807) is 0 Å². The molecule has 0 aromatic heterocycles. The first-order valence-corrected chi connectivity index (χ1v) is 10.2. The fourth-order valence-electron chi connectivity index (χ4n) is 3.44. The Bertz CT molecular complexity index is 802. The van der Waals surface area contributed by atoms with Crippen LogP contribution in [0, 0.1) is 0 Å². The average Bonchev–Trinajstić information content (AvgIpc) is 2.72. The molecule has 0 unspecified atom stereocenters. The number of unbranched alkanes of at least 4 members (excludes halogenated alkanes) is 3. The molecule has 0 saturated carbocycles. The van der Waals surface area contributed by atoms with Crippen LogP contribution in [0.5, 0.6) is 0 Å². The van der Waals surface area contributed by atoms with Gasteiger partial charge < -0.3 is 15.5 Å². The summed E-state index contributed by atoms with van der Waals surface area (Å²) in [5.41, 5.74) is 4.01. The van der Waals surface area contributed by atoms with Crippen LogP contribution in [-0.4, -0.2) is 23.4 Å². The molecule has 2 aromatic carbocycles. The van der Waals surface area contributed by atoms with E-state index in [0.29, 0.717) is 13.0 Å². The molecule has 148 valence electrons. The Kier molecular flexibility index (Phi) is 7.06. The number of benzene rings is 2. The largest absolute Gasteiger partial charge is 0.326 e. The first-order chi connectivity index (χ1) is 13.7. The highest BCUT2D eigenvalue weighted by atomic mass is 16.2. The Morgan fingerprint density at radius 3 is 2.29 bits per heavy atom. The van der Waals surface area contributed by atoms with E-state index in [9.17, 15) is 9.59 Å². The number of hydrogen-bond acceptors (Lipinski definition) is 2. The van der Waals surface area contributed by atoms with Gasteiger partial charge in [0.25, 0.3) is 0 Å². The molecule has 0 saturated heterocycles. The molecule has 3 amide bonds. The second-order valence-corrected chi connectivity index (χ2v) is 7.31. The van der Waals surface area contributed by atoms with Crippen LogP contribution < -0.4 is 10.6 Å². The minimum Gasteiger partial charge on any atom is -0.326 e. The number of fused-ring (bicyclic) bond motifs is 1. The third-order valence-electron chi connectivity index (χ3n) is 5.10. The van der Waals surface area contributed by atoms with E-state index in [4.69, 9.17) is 0 Å². The number of rotatable bonds is 7. The van der Waals surface area contributed by atoms with Gasteiger partial charge in [0.1, 0.15) is 0 Å². The smallest absolute Gasteiger partial charge is 0.322 e. The molecule has 1 aliphatic rings. The van der Waals surface area contributed by atoms with Crippen molar-refractivity contribution in [1.29, 1.82) is 0 Å². The number of hydrogen-bond donors (Lipinski definition) is 2. The Labute approximate surface area is 167 Å². The summed E-state index contributed by atoms with van der Waals surface area (Å²) in [4.78, 5) is 26.3. The van der Waals surface area contributed by atoms with Crippen molar-refractivity contribution in [3.8, 4) is 0 Å². The highest BCUT2D eigenvalue weighted by molar-refractivity contribution is 5.92. The summed E-state index contributed by atoms with van der Waals surface area (Å²) in [5.74, 6) is 0.0415. The maximum atomic E-state index is 12.6. The summed E-state index contributed by atoms with van der Waals surface area (Å²) in [6.07, 6.45) is 5.79. The maximum Gasteiger partial charge on any atom is 0.322 e. The molecule has 3 rings (SSSR count). The van der Waals surface area contributed by atoms with E-state index in [1.165, 1.54) is 24.0 Å². The lowest BCUT2D eigenvalue weighted by Gasteiger charge is -2.29. The molecule has 2 aromatic rings. The zero-order chi connectivity index (χ0) is 19.8. The lowest BCUT2D eigenvalue weighted by atomic mass is 10.0. The monoisotopic (exact) mass is 379 g/mol. The molecule has 0 aliphatic carbocycles. The number of carbonyl (C=O) groups excluding carboxylic acids is 2. The molecular weight excluding hydrogens is 350 g/mol. The van der Waals surface area contributed by atoms with Gasteiger partial charge >= 0.3 is 6.03 Å². The predicted molar refractivity (Wildman–Crippen MR) is 113 cm³/mol. The van der Waals surface area contributed by atoms with E-state index >= 15 is 0 Å². The maximum absolute atomic E-state index is 12.6. The Morgan fingerprint density at radius 1 is 0.893 bits per heavy atom. The Morgan fingerprint density at radius 2 is 1.57 bits per heavy atom. The second kappa shape index (κ2) is 9.93. The van der Waals surface area contributed by atoms with E-state index in [-0.39, 0.29) is 11.9 Å². The SMILES string of the molecule is CCCCCCC(=O)Nc1ccc(NC(=O)N2CCc3ccccc3C2)cc1. The first-order valence-electron chi connectivity index (χ1n) is 10.2. The van der Waals surface area contributed by atoms with Gasteiger partial charge in [-0.2, -0.15) is 0 Å². The van der Waals surface area contributed by atoms with Crippen LogP contribution in [-0.2, 0) is 17.8 Å². The molecule has 1 aliphatic heterocycles. The van der Waals surface area contributed by atoms with Crippen molar-refractivity contribution in [1.82, 2.24) is 4.90 Å². The van der Waals surface area contributed by atoms with Crippen LogP contribution in [0.2, 0.25) is 0 Å². The second-order valence-electron chi connectivity index (χ2n) is 7.31. The molecule has 0 radical (unpaired) electrons. The number of nitrogens with zero attached hydrogens (tertiary/aromatic N) is 1. The molecule has 0 fully saturated rings. The molecule has 0 atom stereocenters. The molecule has 28 heavy (non-hydrogen) atoms. The molecular formula is C23H29N3O2. The lowest BCUT2D eigenvalue weighted by Crippen LogP contribution is -2.38. The fraction of sp³-hybridized carbons (Fsp3) is 0.391. The van der Waals surface area contributed by atoms with Gasteiger partial charge in [-0.1, -0.05) is 50.5 Å². The normalized spacial score (nSPS) is 13.0. The quantitative estimate of drug-likeness (QED) is 0.651. The van der Waals surface area contributed by atoms with E-state index < -0.39 is 0 Å². The minimum atomic E-state index is -0.0952.